The van der Waals surface area contributed by atoms with Crippen molar-refractivity contribution in [3.63, 3.8) is 0 Å². The number of sulfonamides is 1. The van der Waals surface area contributed by atoms with Crippen LogP contribution in [0, 0.1) is 0 Å². The molecule has 1 aliphatic rings. The van der Waals surface area contributed by atoms with Gasteiger partial charge in [-0.1, -0.05) is 6.07 Å². The molecule has 26 heavy (non-hydrogen) atoms. The molecule has 1 unspecified atom stereocenters. The standard InChI is InChI=1S/C17H22N4O3S2/c1-13(22)20-8-6-15-4-5-17(25-15)26(23,24)21-10-9-19-12-16(21)14-3-2-7-18-11-14/h2-5,7,11,16,19H,6,8-10,12H2,1H3,(H,20,22). The van der Waals surface area contributed by atoms with Gasteiger partial charge in [0.05, 0.1) is 6.04 Å². The van der Waals surface area contributed by atoms with Gasteiger partial charge in [-0.25, -0.2) is 8.42 Å². The second kappa shape index (κ2) is 8.26. The summed E-state index contributed by atoms with van der Waals surface area (Å²) in [5, 5.41) is 5.99. The van der Waals surface area contributed by atoms with Crippen LogP contribution in [0.5, 0.6) is 0 Å². The maximum absolute atomic E-state index is 13.2. The van der Waals surface area contributed by atoms with Crippen molar-refractivity contribution in [2.24, 2.45) is 0 Å². The highest BCUT2D eigenvalue weighted by atomic mass is 32.2. The van der Waals surface area contributed by atoms with Crippen molar-refractivity contribution in [2.45, 2.75) is 23.6 Å². The summed E-state index contributed by atoms with van der Waals surface area (Å²) in [6, 6.07) is 6.93. The second-order valence-electron chi connectivity index (χ2n) is 6.08. The van der Waals surface area contributed by atoms with E-state index in [9.17, 15) is 13.2 Å². The van der Waals surface area contributed by atoms with Gasteiger partial charge >= 0.3 is 0 Å². The average Bonchev–Trinajstić information content (AvgIpc) is 3.12. The third-order valence-electron chi connectivity index (χ3n) is 4.21. The van der Waals surface area contributed by atoms with Gasteiger partial charge in [-0.2, -0.15) is 4.31 Å². The third kappa shape index (κ3) is 4.29. The van der Waals surface area contributed by atoms with E-state index >= 15 is 0 Å². The molecule has 0 spiro atoms. The summed E-state index contributed by atoms with van der Waals surface area (Å²) in [5.74, 6) is -0.0884. The topological polar surface area (TPSA) is 91.4 Å². The van der Waals surface area contributed by atoms with Gasteiger partial charge in [0, 0.05) is 50.4 Å². The molecular formula is C17H22N4O3S2. The van der Waals surface area contributed by atoms with Crippen LogP contribution in [-0.2, 0) is 21.2 Å². The van der Waals surface area contributed by atoms with Crippen molar-refractivity contribution < 1.29 is 13.2 Å². The molecule has 3 rings (SSSR count). The van der Waals surface area contributed by atoms with E-state index in [1.807, 2.05) is 18.2 Å². The lowest BCUT2D eigenvalue weighted by molar-refractivity contribution is -0.118. The molecule has 0 aliphatic carbocycles. The predicted molar refractivity (Wildman–Crippen MR) is 100 cm³/mol. The zero-order chi connectivity index (χ0) is 18.6. The van der Waals surface area contributed by atoms with Crippen molar-refractivity contribution in [3.8, 4) is 0 Å². The number of carbonyl (C=O) groups is 1. The molecule has 9 heteroatoms. The normalized spacial score (nSPS) is 18.6. The average molecular weight is 395 g/mol. The molecule has 7 nitrogen and oxygen atoms in total. The van der Waals surface area contributed by atoms with Gasteiger partial charge in [-0.15, -0.1) is 11.3 Å². The van der Waals surface area contributed by atoms with Crippen LogP contribution in [-0.4, -0.2) is 49.8 Å². The number of thiophene rings is 1. The van der Waals surface area contributed by atoms with Gasteiger partial charge < -0.3 is 10.6 Å². The minimum atomic E-state index is -3.58. The summed E-state index contributed by atoms with van der Waals surface area (Å²) >= 11 is 1.27. The Balaban J connectivity index is 1.79. The Bertz CT molecular complexity index is 852. The van der Waals surface area contributed by atoms with E-state index < -0.39 is 10.0 Å². The van der Waals surface area contributed by atoms with Gasteiger partial charge in [-0.05, 0) is 30.2 Å². The molecule has 2 aromatic rings. The number of pyridine rings is 1. The number of nitrogens with one attached hydrogen (secondary N) is 2. The van der Waals surface area contributed by atoms with E-state index in [0.717, 1.165) is 10.4 Å². The van der Waals surface area contributed by atoms with E-state index in [0.29, 0.717) is 36.8 Å². The van der Waals surface area contributed by atoms with Crippen LogP contribution in [0.4, 0.5) is 0 Å². The Morgan fingerprint density at radius 1 is 1.42 bits per heavy atom. The first-order chi connectivity index (χ1) is 12.5. The van der Waals surface area contributed by atoms with E-state index in [1.165, 1.54) is 18.3 Å². The van der Waals surface area contributed by atoms with Gasteiger partial charge in [0.25, 0.3) is 10.0 Å². The highest BCUT2D eigenvalue weighted by Crippen LogP contribution is 2.32. The van der Waals surface area contributed by atoms with Crippen LogP contribution in [0.3, 0.4) is 0 Å². The molecule has 1 aliphatic heterocycles. The molecule has 0 radical (unpaired) electrons. The quantitative estimate of drug-likeness (QED) is 0.767. The number of amides is 1. The molecule has 1 fully saturated rings. The van der Waals surface area contributed by atoms with E-state index in [4.69, 9.17) is 0 Å². The number of aromatic nitrogens is 1. The Kier molecular flexibility index (Phi) is 6.02. The maximum atomic E-state index is 13.2. The first-order valence-corrected chi connectivity index (χ1v) is 10.7. The molecule has 1 atom stereocenters. The fourth-order valence-electron chi connectivity index (χ4n) is 2.94. The molecule has 0 bridgehead atoms. The molecule has 1 amide bonds. The fraction of sp³-hybridized carbons (Fsp3) is 0.412. The SMILES string of the molecule is CC(=O)NCCc1ccc(S(=O)(=O)N2CCNCC2c2cccnc2)s1. The van der Waals surface area contributed by atoms with Crippen molar-refractivity contribution in [3.05, 3.63) is 47.1 Å². The van der Waals surface area contributed by atoms with Gasteiger partial charge in [0.1, 0.15) is 4.21 Å². The number of piperazine rings is 1. The summed E-state index contributed by atoms with van der Waals surface area (Å²) in [6.07, 6.45) is 4.01. The Morgan fingerprint density at radius 3 is 3.00 bits per heavy atom. The molecular weight excluding hydrogens is 372 g/mol. The van der Waals surface area contributed by atoms with Crippen LogP contribution in [0.2, 0.25) is 0 Å². The first-order valence-electron chi connectivity index (χ1n) is 8.44. The summed E-state index contributed by atoms with van der Waals surface area (Å²) in [6.45, 7) is 3.57. The lowest BCUT2D eigenvalue weighted by atomic mass is 10.1. The van der Waals surface area contributed by atoms with Crippen LogP contribution < -0.4 is 10.6 Å². The highest BCUT2D eigenvalue weighted by molar-refractivity contribution is 7.91. The summed E-state index contributed by atoms with van der Waals surface area (Å²) in [4.78, 5) is 16.0. The maximum Gasteiger partial charge on any atom is 0.253 e. The number of nitrogens with zero attached hydrogens (tertiary/aromatic N) is 2. The lowest BCUT2D eigenvalue weighted by Gasteiger charge is -2.34. The van der Waals surface area contributed by atoms with Gasteiger partial charge in [0.2, 0.25) is 5.91 Å². The molecule has 1 saturated heterocycles. The van der Waals surface area contributed by atoms with E-state index in [1.54, 1.807) is 22.8 Å². The van der Waals surface area contributed by atoms with Crippen molar-refractivity contribution in [1.29, 1.82) is 0 Å². The van der Waals surface area contributed by atoms with Crippen molar-refractivity contribution >= 4 is 27.3 Å². The zero-order valence-electron chi connectivity index (χ0n) is 14.5. The predicted octanol–water partition coefficient (Wildman–Crippen LogP) is 1.16. The summed E-state index contributed by atoms with van der Waals surface area (Å²) in [7, 11) is -3.58. The van der Waals surface area contributed by atoms with Crippen molar-refractivity contribution in [1.82, 2.24) is 19.9 Å². The van der Waals surface area contributed by atoms with Gasteiger partial charge in [-0.3, -0.25) is 9.78 Å². The van der Waals surface area contributed by atoms with Crippen LogP contribution >= 0.6 is 11.3 Å². The molecule has 3 heterocycles. The Labute approximate surface area is 157 Å². The number of carbonyl (C=O) groups excluding carboxylic acids is 1. The highest BCUT2D eigenvalue weighted by Gasteiger charge is 2.35. The Hall–Kier alpha value is -1.81. The fourth-order valence-corrected chi connectivity index (χ4v) is 6.04. The van der Waals surface area contributed by atoms with Crippen LogP contribution in [0.1, 0.15) is 23.4 Å². The molecule has 2 N–H and O–H groups in total. The minimum absolute atomic E-state index is 0.0884. The molecule has 0 aromatic carbocycles. The number of hydrogen-bond donors (Lipinski definition) is 2. The van der Waals surface area contributed by atoms with Crippen molar-refractivity contribution in [2.75, 3.05) is 26.2 Å². The smallest absolute Gasteiger partial charge is 0.253 e. The van der Waals surface area contributed by atoms with Crippen LogP contribution in [0.15, 0.2) is 40.9 Å². The van der Waals surface area contributed by atoms with Gasteiger partial charge in [0.15, 0.2) is 0 Å². The van der Waals surface area contributed by atoms with E-state index in [-0.39, 0.29) is 11.9 Å². The minimum Gasteiger partial charge on any atom is -0.356 e. The molecule has 0 saturated carbocycles. The van der Waals surface area contributed by atoms with Crippen LogP contribution in [0.25, 0.3) is 0 Å². The molecule has 140 valence electrons. The van der Waals surface area contributed by atoms with E-state index in [2.05, 4.69) is 15.6 Å². The first kappa shape index (κ1) is 19.0. The third-order valence-corrected chi connectivity index (χ3v) is 7.73. The second-order valence-corrected chi connectivity index (χ2v) is 9.36. The number of hydrogen-bond acceptors (Lipinski definition) is 6. The summed E-state index contributed by atoms with van der Waals surface area (Å²) in [5.41, 5.74) is 0.880. The zero-order valence-corrected chi connectivity index (χ0v) is 16.1. The number of rotatable bonds is 6. The lowest BCUT2D eigenvalue weighted by Crippen LogP contribution is -2.48. The largest absolute Gasteiger partial charge is 0.356 e. The molecule has 2 aromatic heterocycles. The monoisotopic (exact) mass is 394 g/mol. The summed E-state index contributed by atoms with van der Waals surface area (Å²) < 4.78 is 28.3. The Morgan fingerprint density at radius 2 is 2.27 bits per heavy atom.